The van der Waals surface area contributed by atoms with E-state index < -0.39 is 0 Å². The number of fused-ring (bicyclic) bond motifs is 1. The second-order valence-electron chi connectivity index (χ2n) is 12.1. The predicted octanol–water partition coefficient (Wildman–Crippen LogP) is 6.27. The maximum atomic E-state index is 13.4. The van der Waals surface area contributed by atoms with E-state index in [0.717, 1.165) is 39.4 Å². The largest absolute Gasteiger partial charge is 0.379 e. The van der Waals surface area contributed by atoms with Crippen molar-refractivity contribution in [3.05, 3.63) is 107 Å². The first-order valence-corrected chi connectivity index (χ1v) is 14.6. The standard InChI is InChI=1S/C35H43N3O2/c1-26-9-11-27(12-10-26)24-38-25-32(30-7-5-6-8-33(30)38)31(28-13-15-29(16-14-28)35(2,3)4)23-34(39)36-17-18-37-19-21-40-22-20-37/h5-16,25,31H,17-24H2,1-4H3,(H,36,39)/t31-/m1/s1. The summed E-state index contributed by atoms with van der Waals surface area (Å²) in [6.45, 7) is 14.5. The van der Waals surface area contributed by atoms with Crippen molar-refractivity contribution < 1.29 is 9.53 Å². The highest BCUT2D eigenvalue weighted by Gasteiger charge is 2.24. The van der Waals surface area contributed by atoms with Crippen molar-refractivity contribution in [2.45, 2.75) is 52.0 Å². The summed E-state index contributed by atoms with van der Waals surface area (Å²) in [5.74, 6) is 0.0510. The first kappa shape index (κ1) is 28.1. The van der Waals surface area contributed by atoms with Gasteiger partial charge in [0.05, 0.1) is 13.2 Å². The summed E-state index contributed by atoms with van der Waals surface area (Å²) in [7, 11) is 0. The molecule has 0 radical (unpaired) electrons. The minimum atomic E-state index is -0.0402. The summed E-state index contributed by atoms with van der Waals surface area (Å²) in [5, 5.41) is 4.42. The van der Waals surface area contributed by atoms with Gasteiger partial charge in [0.2, 0.25) is 5.91 Å². The second kappa shape index (κ2) is 12.4. The fraction of sp³-hybridized carbons (Fsp3) is 0.400. The van der Waals surface area contributed by atoms with E-state index in [0.29, 0.717) is 13.0 Å². The number of nitrogens with zero attached hydrogens (tertiary/aromatic N) is 2. The molecule has 5 rings (SSSR count). The number of hydrogen-bond acceptors (Lipinski definition) is 3. The number of benzene rings is 3. The van der Waals surface area contributed by atoms with Crippen LogP contribution >= 0.6 is 0 Å². The van der Waals surface area contributed by atoms with Crippen LogP contribution in [-0.4, -0.2) is 54.8 Å². The molecular weight excluding hydrogens is 494 g/mol. The van der Waals surface area contributed by atoms with E-state index in [1.54, 1.807) is 0 Å². The Kier molecular flexibility index (Phi) is 8.72. The highest BCUT2D eigenvalue weighted by molar-refractivity contribution is 5.86. The molecule has 0 unspecified atom stereocenters. The van der Waals surface area contributed by atoms with Gasteiger partial charge in [-0.2, -0.15) is 0 Å². The molecule has 5 heteroatoms. The van der Waals surface area contributed by atoms with Gasteiger partial charge in [-0.05, 0) is 40.7 Å². The molecule has 3 aromatic carbocycles. The molecule has 1 amide bonds. The second-order valence-corrected chi connectivity index (χ2v) is 12.1. The fourth-order valence-electron chi connectivity index (χ4n) is 5.63. The molecule has 1 aliphatic rings. The highest BCUT2D eigenvalue weighted by atomic mass is 16.5. The Morgan fingerprint density at radius 3 is 2.35 bits per heavy atom. The Balaban J connectivity index is 1.44. The zero-order valence-electron chi connectivity index (χ0n) is 24.5. The van der Waals surface area contributed by atoms with Gasteiger partial charge in [-0.1, -0.05) is 93.1 Å². The third-order valence-corrected chi connectivity index (χ3v) is 8.09. The van der Waals surface area contributed by atoms with Crippen molar-refractivity contribution in [2.75, 3.05) is 39.4 Å². The van der Waals surface area contributed by atoms with Crippen molar-refractivity contribution in [1.82, 2.24) is 14.8 Å². The van der Waals surface area contributed by atoms with E-state index in [1.807, 2.05) is 0 Å². The van der Waals surface area contributed by atoms with Crippen LogP contribution in [0.3, 0.4) is 0 Å². The lowest BCUT2D eigenvalue weighted by molar-refractivity contribution is -0.121. The van der Waals surface area contributed by atoms with Crippen LogP contribution in [0.25, 0.3) is 10.9 Å². The quantitative estimate of drug-likeness (QED) is 0.274. The van der Waals surface area contributed by atoms with Crippen LogP contribution in [0.5, 0.6) is 0 Å². The van der Waals surface area contributed by atoms with Gasteiger partial charge >= 0.3 is 0 Å². The summed E-state index contributed by atoms with van der Waals surface area (Å²) in [4.78, 5) is 15.7. The molecule has 0 saturated carbocycles. The van der Waals surface area contributed by atoms with Gasteiger partial charge in [0.25, 0.3) is 0 Å². The van der Waals surface area contributed by atoms with Gasteiger partial charge in [0, 0.05) is 62.2 Å². The zero-order chi connectivity index (χ0) is 28.1. The summed E-state index contributed by atoms with van der Waals surface area (Å²) in [6, 6.07) is 26.2. The molecule has 1 atom stereocenters. The molecule has 1 saturated heterocycles. The number of ether oxygens (including phenoxy) is 1. The number of carbonyl (C=O) groups excluding carboxylic acids is 1. The number of amides is 1. The Labute approximate surface area is 239 Å². The SMILES string of the molecule is Cc1ccc(Cn2cc([C@H](CC(=O)NCCN3CCOCC3)c3ccc(C(C)(C)C)cc3)c3ccccc32)cc1. The third-order valence-electron chi connectivity index (χ3n) is 8.09. The van der Waals surface area contributed by atoms with Crippen LogP contribution in [0.2, 0.25) is 0 Å². The third kappa shape index (κ3) is 6.83. The molecule has 210 valence electrons. The molecule has 1 aromatic heterocycles. The van der Waals surface area contributed by atoms with Crippen molar-refractivity contribution in [1.29, 1.82) is 0 Å². The molecule has 1 N–H and O–H groups in total. The molecule has 0 bridgehead atoms. The lowest BCUT2D eigenvalue weighted by Crippen LogP contribution is -2.41. The maximum Gasteiger partial charge on any atom is 0.220 e. The minimum Gasteiger partial charge on any atom is -0.379 e. The van der Waals surface area contributed by atoms with Gasteiger partial charge in [-0.15, -0.1) is 0 Å². The van der Waals surface area contributed by atoms with Gasteiger partial charge < -0.3 is 14.6 Å². The number of aromatic nitrogens is 1. The number of carbonyl (C=O) groups is 1. The molecule has 2 heterocycles. The topological polar surface area (TPSA) is 46.5 Å². The number of aryl methyl sites for hydroxylation is 1. The predicted molar refractivity (Wildman–Crippen MR) is 164 cm³/mol. The Hall–Kier alpha value is -3.41. The Morgan fingerprint density at radius 2 is 1.65 bits per heavy atom. The molecule has 0 aliphatic carbocycles. The zero-order valence-corrected chi connectivity index (χ0v) is 24.5. The summed E-state index contributed by atoms with van der Waals surface area (Å²) in [6.07, 6.45) is 2.68. The Morgan fingerprint density at radius 1 is 0.950 bits per heavy atom. The van der Waals surface area contributed by atoms with Gasteiger partial charge in [0.15, 0.2) is 0 Å². The van der Waals surface area contributed by atoms with Crippen LogP contribution in [0.4, 0.5) is 0 Å². The molecule has 1 aliphatic heterocycles. The molecular formula is C35H43N3O2. The van der Waals surface area contributed by atoms with Crippen molar-refractivity contribution in [3.63, 3.8) is 0 Å². The number of hydrogen-bond donors (Lipinski definition) is 1. The van der Waals surface area contributed by atoms with Crippen LogP contribution in [0, 0.1) is 6.92 Å². The lowest BCUT2D eigenvalue weighted by Gasteiger charge is -2.26. The summed E-state index contributed by atoms with van der Waals surface area (Å²) >= 11 is 0. The van der Waals surface area contributed by atoms with E-state index in [1.165, 1.54) is 38.7 Å². The van der Waals surface area contributed by atoms with E-state index in [9.17, 15) is 4.79 Å². The number of morpholine rings is 1. The van der Waals surface area contributed by atoms with E-state index >= 15 is 0 Å². The molecule has 40 heavy (non-hydrogen) atoms. The molecule has 1 fully saturated rings. The average Bonchev–Trinajstić information content (AvgIpc) is 3.31. The van der Waals surface area contributed by atoms with Gasteiger partial charge in [-0.25, -0.2) is 0 Å². The van der Waals surface area contributed by atoms with Crippen LogP contribution in [0.1, 0.15) is 60.9 Å². The van der Waals surface area contributed by atoms with E-state index in [4.69, 9.17) is 4.74 Å². The number of para-hydroxylation sites is 1. The minimum absolute atomic E-state index is 0.0402. The van der Waals surface area contributed by atoms with Crippen molar-refractivity contribution in [2.24, 2.45) is 0 Å². The van der Waals surface area contributed by atoms with E-state index in [-0.39, 0.29) is 17.2 Å². The summed E-state index contributed by atoms with van der Waals surface area (Å²) < 4.78 is 7.79. The van der Waals surface area contributed by atoms with Crippen molar-refractivity contribution >= 4 is 16.8 Å². The van der Waals surface area contributed by atoms with Crippen LogP contribution < -0.4 is 5.32 Å². The average molecular weight is 538 g/mol. The lowest BCUT2D eigenvalue weighted by atomic mass is 9.83. The fourth-order valence-corrected chi connectivity index (χ4v) is 5.63. The normalized spacial score (nSPS) is 15.3. The first-order valence-electron chi connectivity index (χ1n) is 14.6. The first-order chi connectivity index (χ1) is 19.3. The van der Waals surface area contributed by atoms with Gasteiger partial charge in [-0.3, -0.25) is 9.69 Å². The van der Waals surface area contributed by atoms with E-state index in [2.05, 4.69) is 121 Å². The Bertz CT molecular complexity index is 1410. The number of rotatable bonds is 9. The summed E-state index contributed by atoms with van der Waals surface area (Å²) in [5.41, 5.74) is 7.48. The molecule has 5 nitrogen and oxygen atoms in total. The smallest absolute Gasteiger partial charge is 0.220 e. The molecule has 4 aromatic rings. The van der Waals surface area contributed by atoms with Gasteiger partial charge in [0.1, 0.15) is 0 Å². The molecule has 0 spiro atoms. The number of nitrogens with one attached hydrogen (secondary N) is 1. The van der Waals surface area contributed by atoms with Crippen LogP contribution in [-0.2, 0) is 21.5 Å². The maximum absolute atomic E-state index is 13.4. The van der Waals surface area contributed by atoms with Crippen LogP contribution in [0.15, 0.2) is 79.0 Å². The highest BCUT2D eigenvalue weighted by Crippen LogP contribution is 2.36. The monoisotopic (exact) mass is 537 g/mol. The van der Waals surface area contributed by atoms with Crippen molar-refractivity contribution in [3.8, 4) is 0 Å².